The van der Waals surface area contributed by atoms with Gasteiger partial charge in [-0.25, -0.2) is 14.4 Å². The second-order valence-corrected chi connectivity index (χ2v) is 7.89. The number of aromatic amines is 1. The summed E-state index contributed by atoms with van der Waals surface area (Å²) < 4.78 is 16.0. The fraction of sp³-hybridized carbons (Fsp3) is 0.381. The topological polar surface area (TPSA) is 91.1 Å². The Morgan fingerprint density at radius 2 is 2.17 bits per heavy atom. The molecule has 29 heavy (non-hydrogen) atoms. The molecule has 150 valence electrons. The van der Waals surface area contributed by atoms with Crippen molar-refractivity contribution >= 4 is 22.6 Å². The summed E-state index contributed by atoms with van der Waals surface area (Å²) in [7, 11) is 0. The third-order valence-corrected chi connectivity index (χ3v) is 6.09. The van der Waals surface area contributed by atoms with Crippen LogP contribution in [0.4, 0.5) is 10.3 Å². The van der Waals surface area contributed by atoms with Crippen LogP contribution in [0.2, 0.25) is 0 Å². The van der Waals surface area contributed by atoms with E-state index in [1.807, 2.05) is 19.3 Å². The number of aromatic nitrogens is 5. The maximum absolute atomic E-state index is 14.3. The van der Waals surface area contributed by atoms with Crippen molar-refractivity contribution in [2.75, 3.05) is 5.32 Å². The number of anilines is 1. The molecule has 0 bridgehead atoms. The van der Waals surface area contributed by atoms with Gasteiger partial charge in [-0.1, -0.05) is 6.92 Å². The van der Waals surface area contributed by atoms with Crippen LogP contribution in [0.5, 0.6) is 0 Å². The summed E-state index contributed by atoms with van der Waals surface area (Å²) in [5.74, 6) is 0.194. The fourth-order valence-corrected chi connectivity index (χ4v) is 4.19. The van der Waals surface area contributed by atoms with Crippen molar-refractivity contribution < 1.29 is 9.50 Å². The van der Waals surface area contributed by atoms with Crippen LogP contribution in [0.25, 0.3) is 27.8 Å². The monoisotopic (exact) mass is 394 g/mol. The van der Waals surface area contributed by atoms with Gasteiger partial charge in [-0.2, -0.15) is 4.98 Å². The van der Waals surface area contributed by atoms with Crippen molar-refractivity contribution in [1.82, 2.24) is 24.3 Å². The Morgan fingerprint density at radius 3 is 2.97 bits per heavy atom. The van der Waals surface area contributed by atoms with Crippen molar-refractivity contribution in [2.24, 2.45) is 0 Å². The lowest BCUT2D eigenvalue weighted by Gasteiger charge is -2.35. The molecule has 8 heteroatoms. The van der Waals surface area contributed by atoms with E-state index in [9.17, 15) is 9.50 Å². The first kappa shape index (κ1) is 18.1. The van der Waals surface area contributed by atoms with Gasteiger partial charge >= 0.3 is 0 Å². The Bertz CT molecular complexity index is 1170. The van der Waals surface area contributed by atoms with E-state index in [1.54, 1.807) is 23.0 Å². The number of nitrogens with zero attached hydrogens (tertiary/aromatic N) is 4. The SMILES string of the molecule is CC[C@]1(O)CC[C@@H](Nc2ncc3c(-c4cc(F)c5nccn5c4)c[nH]c3n2)CC1. The lowest BCUT2D eigenvalue weighted by atomic mass is 9.80. The molecule has 4 aromatic rings. The summed E-state index contributed by atoms with van der Waals surface area (Å²) in [6, 6.07) is 1.74. The highest BCUT2D eigenvalue weighted by Crippen LogP contribution is 2.33. The van der Waals surface area contributed by atoms with Crippen molar-refractivity contribution in [3.8, 4) is 11.1 Å². The maximum Gasteiger partial charge on any atom is 0.224 e. The normalized spacial score (nSPS) is 22.4. The van der Waals surface area contributed by atoms with E-state index >= 15 is 0 Å². The van der Waals surface area contributed by atoms with Crippen LogP contribution in [0, 0.1) is 5.82 Å². The van der Waals surface area contributed by atoms with Gasteiger partial charge in [-0.15, -0.1) is 0 Å². The molecule has 0 saturated heterocycles. The number of hydrogen-bond acceptors (Lipinski definition) is 5. The van der Waals surface area contributed by atoms with Crippen LogP contribution in [0.15, 0.2) is 37.1 Å². The highest BCUT2D eigenvalue weighted by Gasteiger charge is 2.31. The number of nitrogens with one attached hydrogen (secondary N) is 2. The van der Waals surface area contributed by atoms with Crippen LogP contribution in [-0.2, 0) is 0 Å². The number of pyridine rings is 1. The van der Waals surface area contributed by atoms with Gasteiger partial charge in [0.2, 0.25) is 5.95 Å². The van der Waals surface area contributed by atoms with E-state index in [0.717, 1.165) is 48.6 Å². The Balaban J connectivity index is 1.40. The highest BCUT2D eigenvalue weighted by atomic mass is 19.1. The summed E-state index contributed by atoms with van der Waals surface area (Å²) >= 11 is 0. The van der Waals surface area contributed by atoms with Crippen LogP contribution in [-0.4, -0.2) is 41.1 Å². The van der Waals surface area contributed by atoms with Gasteiger partial charge < -0.3 is 19.8 Å². The van der Waals surface area contributed by atoms with E-state index in [0.29, 0.717) is 17.2 Å². The van der Waals surface area contributed by atoms with Crippen LogP contribution in [0.1, 0.15) is 39.0 Å². The first-order valence-corrected chi connectivity index (χ1v) is 10.0. The second kappa shape index (κ2) is 6.81. The van der Waals surface area contributed by atoms with E-state index < -0.39 is 5.60 Å². The summed E-state index contributed by atoms with van der Waals surface area (Å²) in [6.45, 7) is 2.03. The molecule has 0 aromatic carbocycles. The summed E-state index contributed by atoms with van der Waals surface area (Å²) in [5.41, 5.74) is 2.05. The minimum atomic E-state index is -0.525. The molecule has 0 atom stereocenters. The minimum absolute atomic E-state index is 0.256. The lowest BCUT2D eigenvalue weighted by Crippen LogP contribution is -2.38. The van der Waals surface area contributed by atoms with Crippen molar-refractivity contribution in [1.29, 1.82) is 0 Å². The van der Waals surface area contributed by atoms with Gasteiger partial charge in [0.25, 0.3) is 0 Å². The number of H-pyrrole nitrogens is 1. The molecule has 1 saturated carbocycles. The van der Waals surface area contributed by atoms with E-state index in [-0.39, 0.29) is 11.9 Å². The highest BCUT2D eigenvalue weighted by molar-refractivity contribution is 5.93. The van der Waals surface area contributed by atoms with Crippen molar-refractivity contribution in [3.63, 3.8) is 0 Å². The predicted molar refractivity (Wildman–Crippen MR) is 109 cm³/mol. The molecule has 0 amide bonds. The number of hydrogen-bond donors (Lipinski definition) is 3. The summed E-state index contributed by atoms with van der Waals surface area (Å²) in [5, 5.41) is 14.6. The molecule has 0 unspecified atom stereocenters. The number of fused-ring (bicyclic) bond motifs is 2. The maximum atomic E-state index is 14.3. The van der Waals surface area contributed by atoms with E-state index in [1.165, 1.54) is 6.07 Å². The Hall–Kier alpha value is -3.00. The zero-order valence-corrected chi connectivity index (χ0v) is 16.2. The molecule has 4 heterocycles. The third-order valence-electron chi connectivity index (χ3n) is 6.09. The fourth-order valence-electron chi connectivity index (χ4n) is 4.19. The van der Waals surface area contributed by atoms with Gasteiger partial charge in [0.15, 0.2) is 11.5 Å². The third kappa shape index (κ3) is 3.23. The van der Waals surface area contributed by atoms with Gasteiger partial charge in [0, 0.05) is 53.5 Å². The first-order chi connectivity index (χ1) is 14.0. The van der Waals surface area contributed by atoms with E-state index in [4.69, 9.17) is 0 Å². The van der Waals surface area contributed by atoms with Gasteiger partial charge in [-0.3, -0.25) is 0 Å². The number of rotatable bonds is 4. The van der Waals surface area contributed by atoms with Gasteiger partial charge in [0.05, 0.1) is 5.60 Å². The summed E-state index contributed by atoms with van der Waals surface area (Å²) in [6.07, 6.45) is 12.9. The largest absolute Gasteiger partial charge is 0.390 e. The molecule has 0 spiro atoms. The van der Waals surface area contributed by atoms with E-state index in [2.05, 4.69) is 25.3 Å². The standard InChI is InChI=1S/C21H23FN6O/c1-2-21(29)5-3-14(4-6-21)26-20-25-11-16-15(10-24-18(16)27-20)13-9-17(22)19-23-7-8-28(19)12-13/h7-12,14,29H,2-6H2,1H3,(H2,24,25,26,27)/t14-,21+. The zero-order chi connectivity index (χ0) is 20.0. The first-order valence-electron chi connectivity index (χ1n) is 10.0. The molecule has 1 aliphatic carbocycles. The summed E-state index contributed by atoms with van der Waals surface area (Å²) in [4.78, 5) is 16.3. The van der Waals surface area contributed by atoms with Crippen molar-refractivity contribution in [2.45, 2.75) is 50.7 Å². The number of halogens is 1. The second-order valence-electron chi connectivity index (χ2n) is 7.89. The Kier molecular flexibility index (Phi) is 4.24. The number of imidazole rings is 1. The Labute approximate surface area is 167 Å². The predicted octanol–water partition coefficient (Wildman–Crippen LogP) is 3.91. The lowest BCUT2D eigenvalue weighted by molar-refractivity contribution is -0.00197. The quantitative estimate of drug-likeness (QED) is 0.488. The molecule has 5 rings (SSSR count). The van der Waals surface area contributed by atoms with Crippen molar-refractivity contribution in [3.05, 3.63) is 42.9 Å². The van der Waals surface area contributed by atoms with Crippen LogP contribution < -0.4 is 5.32 Å². The molecule has 7 nitrogen and oxygen atoms in total. The molecule has 1 aliphatic rings. The average Bonchev–Trinajstić information content (AvgIpc) is 3.36. The molecular weight excluding hydrogens is 371 g/mol. The van der Waals surface area contributed by atoms with Crippen LogP contribution >= 0.6 is 0 Å². The molecule has 1 fully saturated rings. The Morgan fingerprint density at radius 1 is 1.34 bits per heavy atom. The molecule has 0 aliphatic heterocycles. The minimum Gasteiger partial charge on any atom is -0.390 e. The molecule has 4 aromatic heterocycles. The molecule has 3 N–H and O–H groups in total. The molecule has 0 radical (unpaired) electrons. The number of aliphatic hydroxyl groups is 1. The zero-order valence-electron chi connectivity index (χ0n) is 16.2. The van der Waals surface area contributed by atoms with Gasteiger partial charge in [0.1, 0.15) is 5.65 Å². The average molecular weight is 394 g/mol. The smallest absolute Gasteiger partial charge is 0.224 e. The molecular formula is C21H23FN6O. The van der Waals surface area contributed by atoms with Crippen LogP contribution in [0.3, 0.4) is 0 Å². The van der Waals surface area contributed by atoms with Gasteiger partial charge in [-0.05, 0) is 38.2 Å².